The summed E-state index contributed by atoms with van der Waals surface area (Å²) in [6, 6.07) is 0.183. The highest BCUT2D eigenvalue weighted by Crippen LogP contribution is 2.29. The maximum Gasteiger partial charge on any atom is 0.223 e. The largest absolute Gasteiger partial charge is 0.373 e. The molecular formula is C14H26N2O2. The van der Waals surface area contributed by atoms with E-state index in [0.29, 0.717) is 12.5 Å². The van der Waals surface area contributed by atoms with Crippen molar-refractivity contribution in [2.45, 2.75) is 57.6 Å². The summed E-state index contributed by atoms with van der Waals surface area (Å²) in [5.74, 6) is 0.810. The van der Waals surface area contributed by atoms with Crippen LogP contribution in [0.15, 0.2) is 0 Å². The number of rotatable bonds is 3. The Labute approximate surface area is 110 Å². The van der Waals surface area contributed by atoms with E-state index in [9.17, 15) is 4.79 Å². The van der Waals surface area contributed by atoms with Crippen LogP contribution < -0.4 is 11.1 Å². The van der Waals surface area contributed by atoms with Crippen molar-refractivity contribution in [3.63, 3.8) is 0 Å². The minimum absolute atomic E-state index is 0.0914. The third-order valence-corrected chi connectivity index (χ3v) is 4.29. The van der Waals surface area contributed by atoms with Crippen molar-refractivity contribution in [3.05, 3.63) is 0 Å². The van der Waals surface area contributed by atoms with E-state index in [1.54, 1.807) is 0 Å². The van der Waals surface area contributed by atoms with Gasteiger partial charge < -0.3 is 15.8 Å². The van der Waals surface area contributed by atoms with Crippen molar-refractivity contribution < 1.29 is 9.53 Å². The van der Waals surface area contributed by atoms with Gasteiger partial charge in [0.05, 0.1) is 5.60 Å². The summed E-state index contributed by atoms with van der Waals surface area (Å²) in [6.45, 7) is 5.71. The highest BCUT2D eigenvalue weighted by molar-refractivity contribution is 5.78. The Hall–Kier alpha value is -0.610. The Morgan fingerprint density at radius 3 is 2.83 bits per heavy atom. The molecule has 0 bridgehead atoms. The lowest BCUT2D eigenvalue weighted by Gasteiger charge is -2.31. The van der Waals surface area contributed by atoms with Crippen LogP contribution in [0, 0.1) is 11.8 Å². The van der Waals surface area contributed by atoms with Crippen LogP contribution in [0.5, 0.6) is 0 Å². The monoisotopic (exact) mass is 254 g/mol. The van der Waals surface area contributed by atoms with E-state index in [-0.39, 0.29) is 23.5 Å². The van der Waals surface area contributed by atoms with Crippen molar-refractivity contribution in [1.29, 1.82) is 0 Å². The second-order valence-corrected chi connectivity index (χ2v) is 6.39. The Bertz CT molecular complexity index is 290. The lowest BCUT2D eigenvalue weighted by Crippen LogP contribution is -2.45. The number of amides is 1. The van der Waals surface area contributed by atoms with E-state index in [2.05, 4.69) is 19.2 Å². The predicted octanol–water partition coefficient (Wildman–Crippen LogP) is 1.44. The molecule has 1 amide bonds. The molecule has 0 spiro atoms. The van der Waals surface area contributed by atoms with E-state index in [4.69, 9.17) is 10.5 Å². The van der Waals surface area contributed by atoms with Crippen molar-refractivity contribution in [3.8, 4) is 0 Å². The summed E-state index contributed by atoms with van der Waals surface area (Å²) in [7, 11) is 0. The maximum atomic E-state index is 12.2. The van der Waals surface area contributed by atoms with Gasteiger partial charge in [-0.15, -0.1) is 0 Å². The SMILES string of the molecule is CC1CC(N)CC(C(=O)NCC2(C)CCCO2)C1. The van der Waals surface area contributed by atoms with Gasteiger partial charge in [-0.2, -0.15) is 0 Å². The van der Waals surface area contributed by atoms with Gasteiger partial charge in [0.1, 0.15) is 0 Å². The second kappa shape index (κ2) is 5.57. The van der Waals surface area contributed by atoms with E-state index in [1.807, 2.05) is 0 Å². The number of carbonyl (C=O) groups excluding carboxylic acids is 1. The van der Waals surface area contributed by atoms with Crippen LogP contribution in [0.25, 0.3) is 0 Å². The van der Waals surface area contributed by atoms with Gasteiger partial charge >= 0.3 is 0 Å². The van der Waals surface area contributed by atoms with Crippen LogP contribution >= 0.6 is 0 Å². The van der Waals surface area contributed by atoms with E-state index >= 15 is 0 Å². The molecule has 3 N–H and O–H groups in total. The molecule has 2 rings (SSSR count). The number of nitrogens with one attached hydrogen (secondary N) is 1. The molecule has 4 atom stereocenters. The van der Waals surface area contributed by atoms with Gasteiger partial charge in [0.25, 0.3) is 0 Å². The quantitative estimate of drug-likeness (QED) is 0.801. The summed E-state index contributed by atoms with van der Waals surface area (Å²) in [6.07, 6.45) is 4.97. The Morgan fingerprint density at radius 2 is 2.22 bits per heavy atom. The van der Waals surface area contributed by atoms with Gasteiger partial charge in [-0.25, -0.2) is 0 Å². The molecule has 2 fully saturated rings. The summed E-state index contributed by atoms with van der Waals surface area (Å²) in [5.41, 5.74) is 5.84. The Morgan fingerprint density at radius 1 is 1.44 bits per heavy atom. The highest BCUT2D eigenvalue weighted by Gasteiger charge is 2.33. The zero-order chi connectivity index (χ0) is 13.2. The number of nitrogens with two attached hydrogens (primary N) is 1. The molecule has 1 saturated heterocycles. The molecule has 1 saturated carbocycles. The van der Waals surface area contributed by atoms with Crippen molar-refractivity contribution in [2.75, 3.05) is 13.2 Å². The summed E-state index contributed by atoms with van der Waals surface area (Å²) in [5, 5.41) is 3.06. The molecule has 0 aromatic carbocycles. The van der Waals surface area contributed by atoms with Crippen LogP contribution in [0.3, 0.4) is 0 Å². The van der Waals surface area contributed by atoms with Crippen molar-refractivity contribution >= 4 is 5.91 Å². The molecule has 104 valence electrons. The van der Waals surface area contributed by atoms with Crippen LogP contribution in [-0.2, 0) is 9.53 Å². The molecule has 18 heavy (non-hydrogen) atoms. The molecule has 4 nitrogen and oxygen atoms in total. The summed E-state index contributed by atoms with van der Waals surface area (Å²) < 4.78 is 5.68. The molecular weight excluding hydrogens is 228 g/mol. The maximum absolute atomic E-state index is 12.2. The zero-order valence-electron chi connectivity index (χ0n) is 11.6. The van der Waals surface area contributed by atoms with E-state index in [0.717, 1.165) is 38.7 Å². The standard InChI is InChI=1S/C14H26N2O2/c1-10-6-11(8-12(15)7-10)13(17)16-9-14(2)4-3-5-18-14/h10-12H,3-9,15H2,1-2H3,(H,16,17). The first-order valence-corrected chi connectivity index (χ1v) is 7.16. The lowest BCUT2D eigenvalue weighted by atomic mass is 9.79. The van der Waals surface area contributed by atoms with Gasteiger partial charge in [-0.05, 0) is 44.9 Å². The first kappa shape index (κ1) is 13.8. The number of carbonyl (C=O) groups is 1. The predicted molar refractivity (Wildman–Crippen MR) is 71.1 cm³/mol. The smallest absolute Gasteiger partial charge is 0.223 e. The molecule has 4 unspecified atom stereocenters. The fourth-order valence-electron chi connectivity index (χ4n) is 3.27. The minimum Gasteiger partial charge on any atom is -0.373 e. The third kappa shape index (κ3) is 3.45. The number of hydrogen-bond acceptors (Lipinski definition) is 3. The number of ether oxygens (including phenoxy) is 1. The van der Waals surface area contributed by atoms with Crippen LogP contribution in [0.1, 0.15) is 46.0 Å². The Kier molecular flexibility index (Phi) is 4.28. The van der Waals surface area contributed by atoms with E-state index in [1.165, 1.54) is 0 Å². The van der Waals surface area contributed by atoms with Gasteiger partial charge in [0, 0.05) is 25.1 Å². The number of hydrogen-bond donors (Lipinski definition) is 2. The average molecular weight is 254 g/mol. The summed E-state index contributed by atoms with van der Waals surface area (Å²) in [4.78, 5) is 12.2. The van der Waals surface area contributed by atoms with E-state index < -0.39 is 0 Å². The van der Waals surface area contributed by atoms with Crippen molar-refractivity contribution in [1.82, 2.24) is 5.32 Å². The molecule has 0 radical (unpaired) electrons. The highest BCUT2D eigenvalue weighted by atomic mass is 16.5. The fraction of sp³-hybridized carbons (Fsp3) is 0.929. The van der Waals surface area contributed by atoms with Gasteiger partial charge in [-0.3, -0.25) is 4.79 Å². The van der Waals surface area contributed by atoms with Gasteiger partial charge in [0.2, 0.25) is 5.91 Å². The first-order chi connectivity index (χ1) is 8.48. The van der Waals surface area contributed by atoms with Crippen LogP contribution in [0.2, 0.25) is 0 Å². The molecule has 0 aromatic rings. The normalized spacial score (nSPS) is 40.7. The first-order valence-electron chi connectivity index (χ1n) is 7.16. The Balaban J connectivity index is 1.80. The average Bonchev–Trinajstić information content (AvgIpc) is 2.72. The lowest BCUT2D eigenvalue weighted by molar-refractivity contribution is -0.127. The van der Waals surface area contributed by atoms with Crippen LogP contribution in [0.4, 0.5) is 0 Å². The topological polar surface area (TPSA) is 64.4 Å². The van der Waals surface area contributed by atoms with Gasteiger partial charge in [0.15, 0.2) is 0 Å². The zero-order valence-corrected chi connectivity index (χ0v) is 11.6. The molecule has 2 aliphatic rings. The third-order valence-electron chi connectivity index (χ3n) is 4.29. The molecule has 0 aromatic heterocycles. The van der Waals surface area contributed by atoms with Gasteiger partial charge in [-0.1, -0.05) is 6.92 Å². The fourth-order valence-corrected chi connectivity index (χ4v) is 3.27. The molecule has 4 heteroatoms. The molecule has 1 aliphatic carbocycles. The second-order valence-electron chi connectivity index (χ2n) is 6.39. The summed E-state index contributed by atoms with van der Waals surface area (Å²) >= 11 is 0. The molecule has 1 heterocycles. The van der Waals surface area contributed by atoms with Crippen molar-refractivity contribution in [2.24, 2.45) is 17.6 Å². The van der Waals surface area contributed by atoms with Crippen LogP contribution in [-0.4, -0.2) is 30.7 Å². The minimum atomic E-state index is -0.155. The molecule has 1 aliphatic heterocycles.